The standard InChI is InChI=1S/C27H30N8O2/c28-25-24-22(17-6-12-21(13-7-17)37-20-4-2-1-3-5-20)15-35(26(24)31-16-30-25)19-10-8-18(9-11-19)29-14-23-32-27(36)34-33-23/h1-7,12-13,15-16,18-19,27,29,34,36H,8-11,14H2,(H,32,33)(H2,28,30,31). The molecule has 1 saturated carbocycles. The van der Waals surface area contributed by atoms with Crippen molar-refractivity contribution in [1.82, 2.24) is 30.7 Å². The molecule has 4 aromatic rings. The van der Waals surface area contributed by atoms with E-state index in [9.17, 15) is 5.11 Å². The molecule has 1 fully saturated rings. The van der Waals surface area contributed by atoms with Gasteiger partial charge in [0.2, 0.25) is 6.35 Å². The van der Waals surface area contributed by atoms with Crippen molar-refractivity contribution in [1.29, 1.82) is 0 Å². The van der Waals surface area contributed by atoms with Crippen molar-refractivity contribution in [3.05, 3.63) is 67.1 Å². The number of rotatable bonds is 7. The highest BCUT2D eigenvalue weighted by Gasteiger charge is 2.26. The van der Waals surface area contributed by atoms with Crippen LogP contribution in [0.15, 0.2) is 72.1 Å². The lowest BCUT2D eigenvalue weighted by atomic mass is 9.91. The molecule has 6 rings (SSSR count). The zero-order chi connectivity index (χ0) is 25.2. The molecular weight excluding hydrogens is 468 g/mol. The molecular formula is C27H30N8O2. The number of hydrazine groups is 1. The van der Waals surface area contributed by atoms with Gasteiger partial charge in [-0.3, -0.25) is 0 Å². The van der Waals surface area contributed by atoms with Crippen LogP contribution in [0.5, 0.6) is 11.5 Å². The topological polar surface area (TPSA) is 135 Å². The van der Waals surface area contributed by atoms with E-state index in [-0.39, 0.29) is 0 Å². The van der Waals surface area contributed by atoms with Crippen LogP contribution in [0.4, 0.5) is 5.82 Å². The number of aliphatic imine (C=N–C) groups is 1. The fourth-order valence-electron chi connectivity index (χ4n) is 5.18. The van der Waals surface area contributed by atoms with Gasteiger partial charge in [-0.05, 0) is 55.5 Å². The summed E-state index contributed by atoms with van der Waals surface area (Å²) in [7, 11) is 0. The summed E-state index contributed by atoms with van der Waals surface area (Å²) >= 11 is 0. The number of aliphatic hydroxyl groups excluding tert-OH is 1. The molecule has 0 bridgehead atoms. The summed E-state index contributed by atoms with van der Waals surface area (Å²) in [4.78, 5) is 13.0. The number of aliphatic hydroxyl groups is 1. The van der Waals surface area contributed by atoms with Gasteiger partial charge in [0, 0.05) is 23.8 Å². The first kappa shape index (κ1) is 23.4. The minimum Gasteiger partial charge on any atom is -0.457 e. The molecule has 1 atom stereocenters. The Labute approximate surface area is 214 Å². The van der Waals surface area contributed by atoms with Gasteiger partial charge in [0.1, 0.15) is 35.1 Å². The lowest BCUT2D eigenvalue weighted by Crippen LogP contribution is -2.42. The summed E-state index contributed by atoms with van der Waals surface area (Å²) in [6.07, 6.45) is 6.96. The Morgan fingerprint density at radius 2 is 1.76 bits per heavy atom. The van der Waals surface area contributed by atoms with Crippen LogP contribution >= 0.6 is 0 Å². The van der Waals surface area contributed by atoms with Crippen LogP contribution in [0.25, 0.3) is 22.2 Å². The second kappa shape index (κ2) is 10.2. The van der Waals surface area contributed by atoms with Gasteiger partial charge in [-0.1, -0.05) is 30.3 Å². The third-order valence-corrected chi connectivity index (χ3v) is 7.05. The van der Waals surface area contributed by atoms with Crippen molar-refractivity contribution < 1.29 is 9.84 Å². The summed E-state index contributed by atoms with van der Waals surface area (Å²) < 4.78 is 8.23. The number of aromatic nitrogens is 3. The number of hydrogen-bond acceptors (Lipinski definition) is 9. The molecule has 1 aliphatic carbocycles. The summed E-state index contributed by atoms with van der Waals surface area (Å²) in [6, 6.07) is 18.5. The zero-order valence-electron chi connectivity index (χ0n) is 20.3. The largest absolute Gasteiger partial charge is 0.457 e. The van der Waals surface area contributed by atoms with Gasteiger partial charge in [0.15, 0.2) is 0 Å². The average Bonchev–Trinajstić information content (AvgIpc) is 3.53. The lowest BCUT2D eigenvalue weighted by molar-refractivity contribution is 0.152. The molecule has 2 aromatic carbocycles. The van der Waals surface area contributed by atoms with Crippen LogP contribution in [0.2, 0.25) is 0 Å². The number of nitrogens with zero attached hydrogens (tertiary/aromatic N) is 4. The number of anilines is 1. The molecule has 1 unspecified atom stereocenters. The molecule has 2 aliphatic rings. The number of benzene rings is 2. The number of nitrogens with one attached hydrogen (secondary N) is 3. The number of amidine groups is 1. The summed E-state index contributed by atoms with van der Waals surface area (Å²) in [5.74, 6) is 2.79. The van der Waals surface area contributed by atoms with Crippen molar-refractivity contribution in [3.8, 4) is 22.6 Å². The molecule has 10 nitrogen and oxygen atoms in total. The van der Waals surface area contributed by atoms with Gasteiger partial charge in [0.05, 0.1) is 11.9 Å². The Morgan fingerprint density at radius 3 is 2.49 bits per heavy atom. The second-order valence-electron chi connectivity index (χ2n) is 9.45. The van der Waals surface area contributed by atoms with Gasteiger partial charge < -0.3 is 30.9 Å². The fourth-order valence-corrected chi connectivity index (χ4v) is 5.18. The van der Waals surface area contributed by atoms with Gasteiger partial charge >= 0.3 is 0 Å². The third-order valence-electron chi connectivity index (χ3n) is 7.05. The Bertz CT molecular complexity index is 1400. The third kappa shape index (κ3) is 4.99. The van der Waals surface area contributed by atoms with Crippen molar-refractivity contribution in [2.75, 3.05) is 12.3 Å². The smallest absolute Gasteiger partial charge is 0.220 e. The summed E-state index contributed by atoms with van der Waals surface area (Å²) in [5.41, 5.74) is 14.9. The molecule has 0 spiro atoms. The maximum absolute atomic E-state index is 9.44. The van der Waals surface area contributed by atoms with Crippen molar-refractivity contribution in [3.63, 3.8) is 0 Å². The molecule has 0 amide bonds. The molecule has 6 N–H and O–H groups in total. The average molecular weight is 499 g/mol. The number of nitrogens with two attached hydrogens (primary N) is 1. The number of para-hydroxylation sites is 1. The first-order valence-electron chi connectivity index (χ1n) is 12.6. The van der Waals surface area contributed by atoms with Crippen molar-refractivity contribution in [2.45, 2.75) is 44.1 Å². The monoisotopic (exact) mass is 498 g/mol. The predicted octanol–water partition coefficient (Wildman–Crippen LogP) is 3.33. The number of ether oxygens (including phenoxy) is 1. The van der Waals surface area contributed by atoms with Crippen LogP contribution in [-0.2, 0) is 0 Å². The van der Waals surface area contributed by atoms with Crippen LogP contribution in [0.1, 0.15) is 31.7 Å². The fraction of sp³-hybridized carbons (Fsp3) is 0.296. The second-order valence-corrected chi connectivity index (χ2v) is 9.45. The first-order valence-corrected chi connectivity index (χ1v) is 12.6. The number of hydrogen-bond donors (Lipinski definition) is 5. The lowest BCUT2D eigenvalue weighted by Gasteiger charge is -2.30. The van der Waals surface area contributed by atoms with E-state index in [0.717, 1.165) is 65.2 Å². The molecule has 37 heavy (non-hydrogen) atoms. The van der Waals surface area contributed by atoms with E-state index >= 15 is 0 Å². The van der Waals surface area contributed by atoms with Crippen LogP contribution in [0.3, 0.4) is 0 Å². The summed E-state index contributed by atoms with van der Waals surface area (Å²) in [5, 5.41) is 13.9. The van der Waals surface area contributed by atoms with Gasteiger partial charge in [-0.2, -0.15) is 5.43 Å². The minimum absolute atomic E-state index is 0.328. The maximum Gasteiger partial charge on any atom is 0.220 e. The van der Waals surface area contributed by atoms with E-state index in [1.165, 1.54) is 0 Å². The molecule has 3 heterocycles. The van der Waals surface area contributed by atoms with E-state index in [2.05, 4.69) is 54.0 Å². The van der Waals surface area contributed by atoms with Crippen molar-refractivity contribution >= 4 is 22.7 Å². The van der Waals surface area contributed by atoms with E-state index in [1.54, 1.807) is 6.33 Å². The number of nitrogen functional groups attached to an aromatic ring is 1. The zero-order valence-corrected chi connectivity index (χ0v) is 20.3. The van der Waals surface area contributed by atoms with Crippen LogP contribution in [0, 0.1) is 0 Å². The van der Waals surface area contributed by atoms with Crippen LogP contribution < -0.4 is 26.6 Å². The predicted molar refractivity (Wildman–Crippen MR) is 143 cm³/mol. The molecule has 1 aliphatic heterocycles. The Morgan fingerprint density at radius 1 is 1.00 bits per heavy atom. The van der Waals surface area contributed by atoms with Crippen LogP contribution in [-0.4, -0.2) is 44.4 Å². The number of fused-ring (bicyclic) bond motifs is 1. The highest BCUT2D eigenvalue weighted by atomic mass is 16.5. The Balaban J connectivity index is 1.19. The van der Waals surface area contributed by atoms with E-state index in [0.29, 0.717) is 24.4 Å². The normalized spacial score (nSPS) is 21.5. The highest BCUT2D eigenvalue weighted by Crippen LogP contribution is 2.38. The van der Waals surface area contributed by atoms with E-state index in [1.807, 2.05) is 42.5 Å². The SMILES string of the molecule is Nc1ncnc2c1c(-c1ccc(Oc3ccccc3)cc1)cn2C1CCC(NCC2=NC(O)NN2)CC1. The molecule has 2 aromatic heterocycles. The quantitative estimate of drug-likeness (QED) is 0.262. The highest BCUT2D eigenvalue weighted by molar-refractivity contribution is 6.00. The molecule has 0 saturated heterocycles. The first-order chi connectivity index (χ1) is 18.1. The minimum atomic E-state index is -0.870. The van der Waals surface area contributed by atoms with Gasteiger partial charge in [-0.15, -0.1) is 0 Å². The van der Waals surface area contributed by atoms with E-state index < -0.39 is 6.35 Å². The van der Waals surface area contributed by atoms with Gasteiger partial charge in [-0.25, -0.2) is 15.0 Å². The van der Waals surface area contributed by atoms with Crippen molar-refractivity contribution in [2.24, 2.45) is 4.99 Å². The van der Waals surface area contributed by atoms with E-state index in [4.69, 9.17) is 10.5 Å². The molecule has 10 heteroatoms. The van der Waals surface area contributed by atoms with Gasteiger partial charge in [0.25, 0.3) is 0 Å². The Kier molecular flexibility index (Phi) is 6.44. The molecule has 190 valence electrons. The maximum atomic E-state index is 9.44. The summed E-state index contributed by atoms with van der Waals surface area (Å²) in [6.45, 7) is 0.601. The Hall–Kier alpha value is -3.99. The molecule has 0 radical (unpaired) electrons.